The smallest absolute Gasteiger partial charge is 0.414 e. The van der Waals surface area contributed by atoms with Crippen molar-refractivity contribution in [3.8, 4) is 34.2 Å². The molecule has 724 valence electrons. The number of ether oxygens (including phenoxy) is 9. The number of nitrogen functional groups attached to an aromatic ring is 1. The van der Waals surface area contributed by atoms with Crippen molar-refractivity contribution in [2.75, 3.05) is 32.3 Å². The van der Waals surface area contributed by atoms with Crippen molar-refractivity contribution in [3.63, 3.8) is 0 Å². The van der Waals surface area contributed by atoms with Gasteiger partial charge in [0.25, 0.3) is 16.7 Å². The van der Waals surface area contributed by atoms with Crippen LogP contribution >= 0.6 is 0 Å². The Hall–Kier alpha value is -15.3. The van der Waals surface area contributed by atoms with Gasteiger partial charge in [-0.2, -0.15) is 0 Å². The number of fused-ring (bicyclic) bond motifs is 15. The van der Waals surface area contributed by atoms with Crippen LogP contribution in [-0.2, 0) is 138 Å². The highest BCUT2D eigenvalue weighted by atomic mass is 16.7. The Bertz CT molecular complexity index is 7280. The van der Waals surface area contributed by atoms with E-state index in [0.717, 1.165) is 27.6 Å². The fraction of sp³-hybridized carbons (Fsp3) is 0.313. The number of cyclic esters (lactones) is 3. The lowest BCUT2D eigenvalue weighted by Crippen LogP contribution is -2.57. The van der Waals surface area contributed by atoms with Crippen molar-refractivity contribution < 1.29 is 127 Å². The Morgan fingerprint density at radius 2 is 0.750 bits per heavy atom. The molecular formula is C99H94N12O29. The van der Waals surface area contributed by atoms with Crippen LogP contribution < -0.4 is 49.0 Å². The third-order valence-electron chi connectivity index (χ3n) is 26.2. The molecule has 2 fully saturated rings. The van der Waals surface area contributed by atoms with E-state index >= 15 is 0 Å². The van der Waals surface area contributed by atoms with Gasteiger partial charge < -0.3 is 113 Å². The van der Waals surface area contributed by atoms with E-state index in [4.69, 9.17) is 63.3 Å². The molecule has 6 aromatic heterocycles. The van der Waals surface area contributed by atoms with E-state index in [1.807, 2.05) is 36.4 Å². The maximum atomic E-state index is 13.5. The molecule has 2 saturated heterocycles. The van der Waals surface area contributed by atoms with Gasteiger partial charge in [-0.05, 0) is 165 Å². The van der Waals surface area contributed by atoms with E-state index in [9.17, 15) is 98.7 Å². The third-order valence-corrected chi connectivity index (χ3v) is 26.2. The van der Waals surface area contributed by atoms with E-state index in [1.54, 1.807) is 157 Å². The average Bonchev–Trinajstić information content (AvgIpc) is 1.59. The van der Waals surface area contributed by atoms with Crippen LogP contribution in [-0.4, -0.2) is 184 Å². The predicted molar refractivity (Wildman–Crippen MR) is 497 cm³/mol. The largest absolute Gasteiger partial charge is 0.458 e. The molecule has 0 radical (unpaired) electrons. The molecule has 0 bridgehead atoms. The molecule has 0 saturated carbocycles. The molecule has 0 aliphatic carbocycles. The van der Waals surface area contributed by atoms with Crippen LogP contribution in [0, 0.1) is 0 Å². The molecule has 20 rings (SSSR count). The first-order chi connectivity index (χ1) is 67.0. The number of hydrogen-bond acceptors (Lipinski definition) is 33. The molecule has 14 heterocycles. The van der Waals surface area contributed by atoms with Crippen molar-refractivity contribution in [2.45, 2.75) is 198 Å². The van der Waals surface area contributed by atoms with Crippen LogP contribution in [0.1, 0.15) is 127 Å². The highest BCUT2D eigenvalue weighted by molar-refractivity contribution is 6.02. The molecule has 16 N–H and O–H groups in total. The number of nitrogens with two attached hydrogens (primary N) is 1. The standard InChI is InChI=1S/C44H43N5O13.C35H34N4O12.C20H17N3O4/c1-3-44(58)30-18-33-35-25(19-49(33)39(54)29(30)21-59-41(44)55)17-28-31(47-35)5-4-6-32(28)48-42(56)60-20-24-9-14-26(15-10-24)45-34(50)16-11-23-7-12-27(13-8-23)46-43(57)62-40-38(53)37(52)36(51)22(2)61-40;1-3-35(47)22-12-25-26-18(13-39(25)30(43)21(22)15-48-32(35)44)11-20-23(37-26)5-4-6-24(20)38-33(45)49-14-17-7-9-19(10-8-17)36-34(46)51-31-29(42)28(41)27(40)16(2)50-31;1-2-20(26)13-7-16-17-10(6-11-14(21)4-3-5-15(11)22-17)8-23(16)18(24)12(13)9-27-19(20)25/h4-10,12-15,17-18,22,36-38,40,51-53,58H,3,11,16,19-21H2,1-2H3,(H,45,50)(H,46,57)(H,48,56);4-12,16,27-29,31,40-42,47H,3,13-15H2,1-2H3,(H,36,46)(H,38,45);3-7,26H,2,8-9,21H2,1H3/t22?,36?,37?,38?,40?,44-;16?,27?,28?,29?,31?,35-;20-/m000/s1. The number of nitrogens with zero attached hydrogens (tertiary/aromatic N) is 6. The van der Waals surface area contributed by atoms with E-state index in [-0.39, 0.29) is 117 Å². The van der Waals surface area contributed by atoms with Crippen LogP contribution in [0.4, 0.5) is 53.3 Å². The van der Waals surface area contributed by atoms with Gasteiger partial charge in [0.2, 0.25) is 18.5 Å². The van der Waals surface area contributed by atoms with Crippen molar-refractivity contribution in [2.24, 2.45) is 0 Å². The maximum absolute atomic E-state index is 13.5. The summed E-state index contributed by atoms with van der Waals surface area (Å²) in [5, 5.41) is 108. The van der Waals surface area contributed by atoms with E-state index in [0.29, 0.717) is 131 Å². The summed E-state index contributed by atoms with van der Waals surface area (Å²) in [6, 6.07) is 46.3. The molecule has 6 aromatic carbocycles. The molecule has 41 heteroatoms. The summed E-state index contributed by atoms with van der Waals surface area (Å²) in [7, 11) is 0. The number of aryl methyl sites for hydroxylation is 1. The first kappa shape index (κ1) is 95.1. The Morgan fingerprint density at radius 1 is 0.414 bits per heavy atom. The summed E-state index contributed by atoms with van der Waals surface area (Å²) in [5.41, 5.74) is 13.2. The highest BCUT2D eigenvalue weighted by Gasteiger charge is 2.51. The zero-order valence-corrected chi connectivity index (χ0v) is 75.5. The lowest BCUT2D eigenvalue weighted by atomic mass is 9.86. The first-order valence-corrected chi connectivity index (χ1v) is 44.9. The molecule has 5 amide bonds. The normalized spacial score (nSPS) is 22.9. The van der Waals surface area contributed by atoms with Crippen molar-refractivity contribution in [1.29, 1.82) is 0 Å². The van der Waals surface area contributed by atoms with E-state index < -0.39 is 120 Å². The van der Waals surface area contributed by atoms with Crippen LogP contribution in [0.3, 0.4) is 0 Å². The summed E-state index contributed by atoms with van der Waals surface area (Å²) in [5.74, 6) is -2.55. The molecule has 0 spiro atoms. The Kier molecular flexibility index (Phi) is 25.7. The number of hydrogen-bond donors (Lipinski definition) is 15. The molecule has 8 aliphatic rings. The first-order valence-electron chi connectivity index (χ1n) is 44.9. The number of esters is 3. The van der Waals surface area contributed by atoms with Crippen LogP contribution in [0.2, 0.25) is 0 Å². The summed E-state index contributed by atoms with van der Waals surface area (Å²) in [6.45, 7) is 7.93. The lowest BCUT2D eigenvalue weighted by Gasteiger charge is -2.38. The number of aromatic nitrogens is 6. The monoisotopic (exact) mass is 1910 g/mol. The lowest BCUT2D eigenvalue weighted by molar-refractivity contribution is -0.275. The van der Waals surface area contributed by atoms with Crippen LogP contribution in [0.5, 0.6) is 0 Å². The molecule has 140 heavy (non-hydrogen) atoms. The van der Waals surface area contributed by atoms with Gasteiger partial charge in [-0.1, -0.05) is 75.4 Å². The van der Waals surface area contributed by atoms with Crippen molar-refractivity contribution in [1.82, 2.24) is 28.7 Å². The molecule has 12 aromatic rings. The Balaban J connectivity index is 0.000000149. The number of aliphatic hydroxyl groups is 9. The molecule has 8 aliphatic heterocycles. The molecule has 41 nitrogen and oxygen atoms in total. The quantitative estimate of drug-likeness (QED) is 0.0236. The van der Waals surface area contributed by atoms with Gasteiger partial charge in [-0.25, -0.2) is 48.5 Å². The number of rotatable bonds is 17. The van der Waals surface area contributed by atoms with Gasteiger partial charge in [-0.3, -0.25) is 40.4 Å². The summed E-state index contributed by atoms with van der Waals surface area (Å²) >= 11 is 0. The Labute approximate surface area is 792 Å². The molecule has 13 atom stereocenters. The second kappa shape index (κ2) is 37.9. The van der Waals surface area contributed by atoms with Gasteiger partial charge >= 0.3 is 42.3 Å². The molecule has 10 unspecified atom stereocenters. The third kappa shape index (κ3) is 17.8. The minimum atomic E-state index is -1.93. The minimum Gasteiger partial charge on any atom is -0.458 e. The minimum absolute atomic E-state index is 0.0346. The van der Waals surface area contributed by atoms with Gasteiger partial charge in [-0.15, -0.1) is 0 Å². The second-order valence-corrected chi connectivity index (χ2v) is 34.9. The summed E-state index contributed by atoms with van der Waals surface area (Å²) in [4.78, 5) is 155. The number of aliphatic hydroxyl groups excluding tert-OH is 6. The zero-order valence-electron chi connectivity index (χ0n) is 75.5. The van der Waals surface area contributed by atoms with Gasteiger partial charge in [0.15, 0.2) is 16.8 Å². The van der Waals surface area contributed by atoms with Crippen molar-refractivity contribution >= 4 is 115 Å². The maximum Gasteiger partial charge on any atom is 0.414 e. The highest BCUT2D eigenvalue weighted by Crippen LogP contribution is 2.45. The van der Waals surface area contributed by atoms with Gasteiger partial charge in [0.05, 0.1) is 111 Å². The molecular weight excluding hydrogens is 1820 g/mol. The number of amides is 5. The number of anilines is 6. The number of nitrogens with one attached hydrogen (secondary N) is 5. The number of benzene rings is 6. The van der Waals surface area contributed by atoms with Crippen molar-refractivity contribution in [3.05, 3.63) is 262 Å². The van der Waals surface area contributed by atoms with E-state index in [1.165, 1.54) is 18.4 Å². The van der Waals surface area contributed by atoms with Gasteiger partial charge in [0.1, 0.15) is 69.7 Å². The number of pyridine rings is 6. The topological polar surface area (TPSA) is 593 Å². The summed E-state index contributed by atoms with van der Waals surface area (Å²) < 4.78 is 51.6. The average molecular weight is 1920 g/mol. The summed E-state index contributed by atoms with van der Waals surface area (Å²) in [6.07, 6.45) is -16.3. The SMILES string of the molecule is CC[C@@]1(O)C(=O)OCc2c1cc1n(c2=O)Cc2cc3c(N)cccc3nc2-1.CC[C@@]1(O)C(=O)OCc2c1cc1n(c2=O)Cc2cc3c(NC(=O)OCc4ccc(NC(=O)CCc5ccc(NC(=O)OC6OC(C)C(O)C(O)C6O)cc5)cc4)cccc3nc2-1.CC[C@@]1(O)C(=O)OCc2c1cc1n(c2=O)Cc2cc3c(NC(=O)OCc4ccc(NC(=O)OC5OC(C)C(O)C(O)C5O)cc4)cccc3nc2-1. The zero-order chi connectivity index (χ0) is 99.0. The Morgan fingerprint density at radius 3 is 1.11 bits per heavy atom. The number of carbonyl (C=O) groups excluding carboxylic acids is 8. The second-order valence-electron chi connectivity index (χ2n) is 34.9. The van der Waals surface area contributed by atoms with Crippen LogP contribution in [0.25, 0.3) is 66.9 Å². The predicted octanol–water partition coefficient (Wildman–Crippen LogP) is 7.64. The van der Waals surface area contributed by atoms with E-state index in [2.05, 4.69) is 26.6 Å². The fourth-order valence-corrected chi connectivity index (χ4v) is 18.2. The van der Waals surface area contributed by atoms with Gasteiger partial charge in [0, 0.05) is 78.7 Å². The van der Waals surface area contributed by atoms with Crippen LogP contribution in [0.15, 0.2) is 178 Å². The fourth-order valence-electron chi connectivity index (χ4n) is 18.2. The number of carbonyl (C=O) groups is 8.